The van der Waals surface area contributed by atoms with Crippen molar-refractivity contribution in [3.05, 3.63) is 36.9 Å². The van der Waals surface area contributed by atoms with Gasteiger partial charge in [-0.15, -0.1) is 0 Å². The molecule has 2 aliphatic heterocycles. The molecule has 0 aliphatic carbocycles. The lowest BCUT2D eigenvalue weighted by Gasteiger charge is -2.35. The average molecular weight is 433 g/mol. The van der Waals surface area contributed by atoms with Crippen LogP contribution in [0.1, 0.15) is 19.3 Å². The number of hydrogen-bond donors (Lipinski definition) is 0. The van der Waals surface area contributed by atoms with E-state index in [1.54, 1.807) is 0 Å². The zero-order chi connectivity index (χ0) is 21.1. The van der Waals surface area contributed by atoms with E-state index in [-0.39, 0.29) is 24.1 Å². The van der Waals surface area contributed by atoms with E-state index in [4.69, 9.17) is 0 Å². The molecular weight excluding hydrogens is 408 g/mol. The first kappa shape index (κ1) is 20.5. The summed E-state index contributed by atoms with van der Waals surface area (Å²) in [6.45, 7) is 1.58. The van der Waals surface area contributed by atoms with Gasteiger partial charge in [-0.3, -0.25) is 14.5 Å². The molecule has 0 radical (unpaired) electrons. The number of imide groups is 1. The second-order valence-corrected chi connectivity index (χ2v) is 9.41. The highest BCUT2D eigenvalue weighted by atomic mass is 32.2. The normalized spacial score (nSPS) is 18.8. The third kappa shape index (κ3) is 4.36. The molecule has 0 bridgehead atoms. The Balaban J connectivity index is 1.35. The number of nitrogens with zero attached hydrogens (tertiary/aromatic N) is 6. The number of amides is 2. The first-order valence-corrected chi connectivity index (χ1v) is 11.6. The number of piperidine rings is 1. The Hall–Kier alpha value is -2.79. The zero-order valence-corrected chi connectivity index (χ0v) is 17.4. The van der Waals surface area contributed by atoms with E-state index >= 15 is 0 Å². The molecule has 2 fully saturated rings. The Labute approximate surface area is 175 Å². The number of rotatable bonds is 6. The van der Waals surface area contributed by atoms with Gasteiger partial charge in [0.2, 0.25) is 21.8 Å². The van der Waals surface area contributed by atoms with Crippen molar-refractivity contribution in [1.29, 1.82) is 0 Å². The van der Waals surface area contributed by atoms with Crippen LogP contribution >= 0.6 is 0 Å². The van der Waals surface area contributed by atoms with Crippen molar-refractivity contribution in [1.82, 2.24) is 23.7 Å². The standard InChI is InChI=1S/C19H24N6O4S/c26-18-4-3-5-19(27)25(18)12-13-30(28,29)24-10-8-23(9-11-24)17-14-16(20-15-21-17)22-6-1-2-7-22/h1-2,6-7,14-15H,3-5,8-13H2. The van der Waals surface area contributed by atoms with Gasteiger partial charge in [0.15, 0.2) is 0 Å². The average Bonchev–Trinajstić information content (AvgIpc) is 3.29. The fraction of sp³-hybridized carbons (Fsp3) is 0.474. The Bertz CT molecular complexity index is 999. The van der Waals surface area contributed by atoms with Gasteiger partial charge in [-0.1, -0.05) is 0 Å². The molecule has 4 heterocycles. The summed E-state index contributed by atoms with van der Waals surface area (Å²) in [5.41, 5.74) is 0. The number of sulfonamides is 1. The maximum absolute atomic E-state index is 12.7. The molecular formula is C19H24N6O4S. The number of carbonyl (C=O) groups excluding carboxylic acids is 2. The van der Waals surface area contributed by atoms with Crippen LogP contribution < -0.4 is 4.90 Å². The number of likely N-dealkylation sites (tertiary alicyclic amines) is 1. The molecule has 2 aliphatic rings. The molecule has 0 saturated carbocycles. The second kappa shape index (κ2) is 8.52. The summed E-state index contributed by atoms with van der Waals surface area (Å²) in [7, 11) is -3.56. The number of hydrogen-bond acceptors (Lipinski definition) is 7. The van der Waals surface area contributed by atoms with Crippen molar-refractivity contribution in [3.63, 3.8) is 0 Å². The monoisotopic (exact) mass is 432 g/mol. The van der Waals surface area contributed by atoms with Crippen LogP contribution in [0, 0.1) is 0 Å². The molecule has 10 nitrogen and oxygen atoms in total. The first-order valence-electron chi connectivity index (χ1n) is 9.95. The highest BCUT2D eigenvalue weighted by Crippen LogP contribution is 2.18. The second-order valence-electron chi connectivity index (χ2n) is 7.32. The topological polar surface area (TPSA) is 109 Å². The van der Waals surface area contributed by atoms with Crippen molar-refractivity contribution in [2.75, 3.05) is 43.4 Å². The summed E-state index contributed by atoms with van der Waals surface area (Å²) in [6.07, 6.45) is 6.43. The minimum Gasteiger partial charge on any atom is -0.354 e. The van der Waals surface area contributed by atoms with Gasteiger partial charge >= 0.3 is 0 Å². The molecule has 0 atom stereocenters. The van der Waals surface area contributed by atoms with Crippen LogP contribution in [0.2, 0.25) is 0 Å². The van der Waals surface area contributed by atoms with Gasteiger partial charge in [0.25, 0.3) is 0 Å². The number of anilines is 1. The zero-order valence-electron chi connectivity index (χ0n) is 16.6. The summed E-state index contributed by atoms with van der Waals surface area (Å²) in [5.74, 6) is 0.684. The molecule has 2 aromatic heterocycles. The minimum atomic E-state index is -3.56. The Morgan fingerprint density at radius 3 is 2.20 bits per heavy atom. The van der Waals surface area contributed by atoms with E-state index in [9.17, 15) is 18.0 Å². The fourth-order valence-corrected chi connectivity index (χ4v) is 5.11. The van der Waals surface area contributed by atoms with Gasteiger partial charge in [0, 0.05) is 64.0 Å². The molecule has 0 aromatic carbocycles. The van der Waals surface area contributed by atoms with Crippen LogP contribution in [-0.2, 0) is 19.6 Å². The van der Waals surface area contributed by atoms with E-state index in [1.165, 1.54) is 10.6 Å². The highest BCUT2D eigenvalue weighted by Gasteiger charge is 2.31. The highest BCUT2D eigenvalue weighted by molar-refractivity contribution is 7.89. The molecule has 2 saturated heterocycles. The maximum atomic E-state index is 12.7. The fourth-order valence-electron chi connectivity index (χ4n) is 3.72. The summed E-state index contributed by atoms with van der Waals surface area (Å²) in [5, 5.41) is 0. The third-order valence-corrected chi connectivity index (χ3v) is 7.27. The Morgan fingerprint density at radius 1 is 0.900 bits per heavy atom. The van der Waals surface area contributed by atoms with Gasteiger partial charge in [-0.05, 0) is 18.6 Å². The summed E-state index contributed by atoms with van der Waals surface area (Å²) in [4.78, 5) is 35.5. The lowest BCUT2D eigenvalue weighted by molar-refractivity contribution is -0.147. The summed E-state index contributed by atoms with van der Waals surface area (Å²) in [6, 6.07) is 5.70. The van der Waals surface area contributed by atoms with E-state index < -0.39 is 10.0 Å². The largest absolute Gasteiger partial charge is 0.354 e. The molecule has 4 rings (SSSR count). The molecule has 0 unspecified atom stereocenters. The molecule has 160 valence electrons. The van der Waals surface area contributed by atoms with Crippen molar-refractivity contribution in [2.24, 2.45) is 0 Å². The Kier molecular flexibility index (Phi) is 5.82. The predicted octanol–water partition coefficient (Wildman–Crippen LogP) is 0.258. The lowest BCUT2D eigenvalue weighted by atomic mass is 10.1. The van der Waals surface area contributed by atoms with Gasteiger partial charge in [-0.2, -0.15) is 4.31 Å². The molecule has 11 heteroatoms. The van der Waals surface area contributed by atoms with Crippen LogP contribution in [0.5, 0.6) is 0 Å². The van der Waals surface area contributed by atoms with Gasteiger partial charge in [0.1, 0.15) is 18.0 Å². The smallest absolute Gasteiger partial charge is 0.229 e. The van der Waals surface area contributed by atoms with E-state index in [0.29, 0.717) is 45.4 Å². The molecule has 30 heavy (non-hydrogen) atoms. The van der Waals surface area contributed by atoms with E-state index in [2.05, 4.69) is 9.97 Å². The third-order valence-electron chi connectivity index (χ3n) is 5.42. The Morgan fingerprint density at radius 2 is 1.53 bits per heavy atom. The molecule has 2 aromatic rings. The van der Waals surface area contributed by atoms with Gasteiger partial charge in [0.05, 0.1) is 5.75 Å². The maximum Gasteiger partial charge on any atom is 0.229 e. The molecule has 2 amide bonds. The van der Waals surface area contributed by atoms with Gasteiger partial charge < -0.3 is 9.47 Å². The predicted molar refractivity (Wildman–Crippen MR) is 110 cm³/mol. The molecule has 0 spiro atoms. The summed E-state index contributed by atoms with van der Waals surface area (Å²) < 4.78 is 28.8. The number of carbonyl (C=O) groups is 2. The van der Waals surface area contributed by atoms with Crippen LogP contribution in [0.15, 0.2) is 36.9 Å². The van der Waals surface area contributed by atoms with E-state index in [0.717, 1.165) is 16.5 Å². The van der Waals surface area contributed by atoms with Crippen molar-refractivity contribution in [3.8, 4) is 5.82 Å². The van der Waals surface area contributed by atoms with Crippen LogP contribution in [0.3, 0.4) is 0 Å². The lowest BCUT2D eigenvalue weighted by Crippen LogP contribution is -2.51. The van der Waals surface area contributed by atoms with Crippen LogP contribution in [0.25, 0.3) is 5.82 Å². The van der Waals surface area contributed by atoms with Crippen molar-refractivity contribution in [2.45, 2.75) is 19.3 Å². The number of piperazine rings is 1. The SMILES string of the molecule is O=C1CCCC(=O)N1CCS(=O)(=O)N1CCN(c2cc(-n3cccc3)ncn2)CC1. The van der Waals surface area contributed by atoms with Crippen LogP contribution in [0.4, 0.5) is 5.82 Å². The van der Waals surface area contributed by atoms with Crippen molar-refractivity contribution >= 4 is 27.7 Å². The van der Waals surface area contributed by atoms with E-state index in [1.807, 2.05) is 40.1 Å². The van der Waals surface area contributed by atoms with Gasteiger partial charge in [-0.25, -0.2) is 18.4 Å². The van der Waals surface area contributed by atoms with Crippen LogP contribution in [-0.4, -0.2) is 82.4 Å². The quantitative estimate of drug-likeness (QED) is 0.602. The minimum absolute atomic E-state index is 0.0770. The summed E-state index contributed by atoms with van der Waals surface area (Å²) >= 11 is 0. The molecule has 0 N–H and O–H groups in total. The number of aromatic nitrogens is 3. The van der Waals surface area contributed by atoms with Crippen molar-refractivity contribution < 1.29 is 18.0 Å². The first-order chi connectivity index (χ1) is 14.4.